The molecule has 2 aromatic carbocycles. The van der Waals surface area contributed by atoms with Gasteiger partial charge in [-0.2, -0.15) is 4.31 Å². The molecule has 2 aromatic rings. The summed E-state index contributed by atoms with van der Waals surface area (Å²) in [6, 6.07) is 13.5. The predicted molar refractivity (Wildman–Crippen MR) is 93.0 cm³/mol. The first kappa shape index (κ1) is 16.2. The van der Waals surface area contributed by atoms with Crippen LogP contribution in [0.4, 0.5) is 0 Å². The molecule has 23 heavy (non-hydrogen) atoms. The van der Waals surface area contributed by atoms with E-state index < -0.39 is 10.0 Å². The molecule has 1 fully saturated rings. The molecular formula is C19H23NO2S. The minimum absolute atomic E-state index is 0.0542. The molecule has 1 aliphatic rings. The topological polar surface area (TPSA) is 37.4 Å². The van der Waals surface area contributed by atoms with Crippen molar-refractivity contribution in [2.24, 2.45) is 0 Å². The molecule has 0 saturated carbocycles. The molecule has 1 saturated heterocycles. The number of aryl methyl sites for hydroxylation is 3. The van der Waals surface area contributed by atoms with Crippen molar-refractivity contribution in [2.45, 2.75) is 44.6 Å². The second-order valence-corrected chi connectivity index (χ2v) is 8.32. The highest BCUT2D eigenvalue weighted by Crippen LogP contribution is 2.37. The number of hydrogen-bond donors (Lipinski definition) is 0. The summed E-state index contributed by atoms with van der Waals surface area (Å²) in [5.41, 5.74) is 4.38. The molecular weight excluding hydrogens is 306 g/mol. The van der Waals surface area contributed by atoms with Gasteiger partial charge in [0.25, 0.3) is 0 Å². The first-order chi connectivity index (χ1) is 10.9. The zero-order valence-electron chi connectivity index (χ0n) is 13.9. The fourth-order valence-electron chi connectivity index (χ4n) is 3.25. The molecule has 0 spiro atoms. The van der Waals surface area contributed by atoms with E-state index in [2.05, 4.69) is 6.07 Å². The van der Waals surface area contributed by atoms with E-state index >= 15 is 0 Å². The maximum absolute atomic E-state index is 13.1. The van der Waals surface area contributed by atoms with Crippen molar-refractivity contribution in [3.8, 4) is 0 Å². The molecule has 0 radical (unpaired) electrons. The Morgan fingerprint density at radius 1 is 1.00 bits per heavy atom. The summed E-state index contributed by atoms with van der Waals surface area (Å²) in [5, 5.41) is 0. The van der Waals surface area contributed by atoms with Gasteiger partial charge in [-0.15, -0.1) is 0 Å². The van der Waals surface area contributed by atoms with Gasteiger partial charge in [-0.05, 0) is 62.4 Å². The summed E-state index contributed by atoms with van der Waals surface area (Å²) in [7, 11) is -3.45. The molecule has 3 nitrogen and oxygen atoms in total. The minimum atomic E-state index is -3.45. The number of sulfonamides is 1. The van der Waals surface area contributed by atoms with Crippen LogP contribution in [0.3, 0.4) is 0 Å². The molecule has 1 heterocycles. The maximum atomic E-state index is 13.1. The second-order valence-electron chi connectivity index (χ2n) is 6.43. The van der Waals surface area contributed by atoms with Gasteiger partial charge in [0.15, 0.2) is 0 Å². The van der Waals surface area contributed by atoms with E-state index in [0.717, 1.165) is 35.1 Å². The highest BCUT2D eigenvalue weighted by molar-refractivity contribution is 7.89. The van der Waals surface area contributed by atoms with Crippen molar-refractivity contribution in [3.63, 3.8) is 0 Å². The van der Waals surface area contributed by atoms with Gasteiger partial charge in [0.05, 0.1) is 10.9 Å². The van der Waals surface area contributed by atoms with Crippen LogP contribution in [0.5, 0.6) is 0 Å². The predicted octanol–water partition coefficient (Wildman–Crippen LogP) is 4.14. The highest BCUT2D eigenvalue weighted by Gasteiger charge is 2.36. The Labute approximate surface area is 139 Å². The summed E-state index contributed by atoms with van der Waals surface area (Å²) in [4.78, 5) is 0.403. The first-order valence-electron chi connectivity index (χ1n) is 8.05. The molecule has 122 valence electrons. The zero-order valence-corrected chi connectivity index (χ0v) is 14.7. The van der Waals surface area contributed by atoms with Crippen LogP contribution in [-0.2, 0) is 10.0 Å². The van der Waals surface area contributed by atoms with E-state index in [1.165, 1.54) is 0 Å². The lowest BCUT2D eigenvalue weighted by Gasteiger charge is -2.25. The van der Waals surface area contributed by atoms with Crippen LogP contribution in [0.25, 0.3) is 0 Å². The van der Waals surface area contributed by atoms with Crippen LogP contribution in [0.1, 0.15) is 41.1 Å². The summed E-state index contributed by atoms with van der Waals surface area (Å²) in [5.74, 6) is 0. The van der Waals surface area contributed by atoms with E-state index in [4.69, 9.17) is 0 Å². The maximum Gasteiger partial charge on any atom is 0.243 e. The SMILES string of the molecule is Cc1cccc(C2CCCN2S(=O)(=O)c2ccc(C)c(C)c2)c1. The van der Waals surface area contributed by atoms with Gasteiger partial charge < -0.3 is 0 Å². The molecule has 0 aliphatic carbocycles. The fourth-order valence-corrected chi connectivity index (χ4v) is 5.02. The molecule has 4 heteroatoms. The van der Waals surface area contributed by atoms with Gasteiger partial charge in [0.1, 0.15) is 0 Å². The Bertz CT molecular complexity index is 827. The van der Waals surface area contributed by atoms with Crippen molar-refractivity contribution in [2.75, 3.05) is 6.54 Å². The molecule has 1 atom stereocenters. The van der Waals surface area contributed by atoms with Crippen molar-refractivity contribution in [1.29, 1.82) is 0 Å². The summed E-state index contributed by atoms with van der Waals surface area (Å²) in [6.07, 6.45) is 1.79. The van der Waals surface area contributed by atoms with Crippen LogP contribution >= 0.6 is 0 Å². The standard InChI is InChI=1S/C19H23NO2S/c1-14-6-4-7-17(12-14)19-8-5-11-20(19)23(21,22)18-10-9-15(2)16(3)13-18/h4,6-7,9-10,12-13,19H,5,8,11H2,1-3H3. The van der Waals surface area contributed by atoms with Crippen LogP contribution < -0.4 is 0 Å². The Morgan fingerprint density at radius 3 is 2.48 bits per heavy atom. The third kappa shape index (κ3) is 3.06. The van der Waals surface area contributed by atoms with Crippen molar-refractivity contribution in [1.82, 2.24) is 4.31 Å². The number of benzene rings is 2. The normalized spacial score (nSPS) is 19.2. The zero-order chi connectivity index (χ0) is 16.6. The van der Waals surface area contributed by atoms with Crippen molar-refractivity contribution >= 4 is 10.0 Å². The average molecular weight is 329 g/mol. The van der Waals surface area contributed by atoms with Crippen LogP contribution in [0, 0.1) is 20.8 Å². The van der Waals surface area contributed by atoms with Crippen molar-refractivity contribution < 1.29 is 8.42 Å². The fraction of sp³-hybridized carbons (Fsp3) is 0.368. The summed E-state index contributed by atoms with van der Waals surface area (Å²) in [6.45, 7) is 6.59. The molecule has 1 unspecified atom stereocenters. The number of nitrogens with zero attached hydrogens (tertiary/aromatic N) is 1. The monoisotopic (exact) mass is 329 g/mol. The molecule has 0 aromatic heterocycles. The van der Waals surface area contributed by atoms with E-state index in [-0.39, 0.29) is 6.04 Å². The van der Waals surface area contributed by atoms with E-state index in [9.17, 15) is 8.42 Å². The number of rotatable bonds is 3. The Morgan fingerprint density at radius 2 is 1.78 bits per heavy atom. The van der Waals surface area contributed by atoms with Gasteiger partial charge in [-0.3, -0.25) is 0 Å². The van der Waals surface area contributed by atoms with Crippen LogP contribution in [0.2, 0.25) is 0 Å². The molecule has 0 bridgehead atoms. The molecule has 1 aliphatic heterocycles. The summed E-state index contributed by atoms with van der Waals surface area (Å²) >= 11 is 0. The van der Waals surface area contributed by atoms with Gasteiger partial charge in [-0.1, -0.05) is 35.9 Å². The first-order valence-corrected chi connectivity index (χ1v) is 9.49. The Kier molecular flexibility index (Phi) is 4.30. The van der Waals surface area contributed by atoms with Crippen molar-refractivity contribution in [3.05, 3.63) is 64.7 Å². The van der Waals surface area contributed by atoms with Gasteiger partial charge in [0, 0.05) is 6.54 Å². The minimum Gasteiger partial charge on any atom is -0.207 e. The van der Waals surface area contributed by atoms with Gasteiger partial charge in [-0.25, -0.2) is 8.42 Å². The van der Waals surface area contributed by atoms with E-state index in [0.29, 0.717) is 11.4 Å². The average Bonchev–Trinajstić information content (AvgIpc) is 3.00. The van der Waals surface area contributed by atoms with Gasteiger partial charge in [0.2, 0.25) is 10.0 Å². The lowest BCUT2D eigenvalue weighted by atomic mass is 10.0. The molecule has 0 N–H and O–H groups in total. The summed E-state index contributed by atoms with van der Waals surface area (Å²) < 4.78 is 27.9. The van der Waals surface area contributed by atoms with E-state index in [1.807, 2.05) is 45.0 Å². The van der Waals surface area contributed by atoms with Crippen LogP contribution in [0.15, 0.2) is 47.4 Å². The lowest BCUT2D eigenvalue weighted by Crippen LogP contribution is -2.30. The molecule has 3 rings (SSSR count). The quantitative estimate of drug-likeness (QED) is 0.849. The highest BCUT2D eigenvalue weighted by atomic mass is 32.2. The lowest BCUT2D eigenvalue weighted by molar-refractivity contribution is 0.396. The smallest absolute Gasteiger partial charge is 0.207 e. The van der Waals surface area contributed by atoms with E-state index in [1.54, 1.807) is 16.4 Å². The van der Waals surface area contributed by atoms with Gasteiger partial charge >= 0.3 is 0 Å². The third-order valence-electron chi connectivity index (χ3n) is 4.72. The largest absolute Gasteiger partial charge is 0.243 e. The Balaban J connectivity index is 1.99. The van der Waals surface area contributed by atoms with Crippen LogP contribution in [-0.4, -0.2) is 19.3 Å². The third-order valence-corrected chi connectivity index (χ3v) is 6.62. The molecule has 0 amide bonds. The Hall–Kier alpha value is -1.65. The second kappa shape index (κ2) is 6.10. The number of hydrogen-bond acceptors (Lipinski definition) is 2.